The Morgan fingerprint density at radius 2 is 1.29 bits per heavy atom. The highest BCUT2D eigenvalue weighted by molar-refractivity contribution is 6.41. The van der Waals surface area contributed by atoms with E-state index in [-0.39, 0.29) is 0 Å². The SMILES string of the molecule is CN[C@@H](CO)C(=O)C(=O)[C@H](CO)NC. The molecular formula is C8H16N2O4. The van der Waals surface area contributed by atoms with Crippen LogP contribution in [-0.4, -0.2) is 61.2 Å². The van der Waals surface area contributed by atoms with Crippen molar-refractivity contribution in [2.45, 2.75) is 12.1 Å². The molecular weight excluding hydrogens is 188 g/mol. The highest BCUT2D eigenvalue weighted by Crippen LogP contribution is 1.92. The van der Waals surface area contributed by atoms with Crippen molar-refractivity contribution in [1.29, 1.82) is 0 Å². The number of aliphatic hydroxyl groups is 2. The fourth-order valence-electron chi connectivity index (χ4n) is 0.954. The molecule has 14 heavy (non-hydrogen) atoms. The van der Waals surface area contributed by atoms with Gasteiger partial charge in [0.2, 0.25) is 11.6 Å². The minimum Gasteiger partial charge on any atom is -0.394 e. The molecule has 0 unspecified atom stereocenters. The van der Waals surface area contributed by atoms with E-state index in [9.17, 15) is 9.59 Å². The summed E-state index contributed by atoms with van der Waals surface area (Å²) in [4.78, 5) is 22.7. The predicted molar refractivity (Wildman–Crippen MR) is 49.9 cm³/mol. The molecule has 6 nitrogen and oxygen atoms in total. The Bertz CT molecular complexity index is 178. The zero-order chi connectivity index (χ0) is 11.1. The smallest absolute Gasteiger partial charge is 0.219 e. The van der Waals surface area contributed by atoms with Crippen LogP contribution in [0.2, 0.25) is 0 Å². The maximum Gasteiger partial charge on any atom is 0.219 e. The van der Waals surface area contributed by atoms with Crippen LogP contribution in [0.15, 0.2) is 0 Å². The van der Waals surface area contributed by atoms with E-state index >= 15 is 0 Å². The number of hydrogen-bond acceptors (Lipinski definition) is 6. The average Bonchev–Trinajstić information content (AvgIpc) is 2.21. The second-order valence-electron chi connectivity index (χ2n) is 2.78. The van der Waals surface area contributed by atoms with Gasteiger partial charge in [0.05, 0.1) is 25.3 Å². The quantitative estimate of drug-likeness (QED) is 0.336. The molecule has 0 saturated carbocycles. The van der Waals surface area contributed by atoms with Crippen molar-refractivity contribution in [3.05, 3.63) is 0 Å². The molecule has 0 bridgehead atoms. The van der Waals surface area contributed by atoms with Gasteiger partial charge in [-0.15, -0.1) is 0 Å². The Kier molecular flexibility index (Phi) is 6.22. The van der Waals surface area contributed by atoms with Crippen LogP contribution in [0.1, 0.15) is 0 Å². The van der Waals surface area contributed by atoms with Crippen LogP contribution < -0.4 is 10.6 Å². The van der Waals surface area contributed by atoms with Gasteiger partial charge in [-0.05, 0) is 14.1 Å². The Morgan fingerprint density at radius 1 is 1.00 bits per heavy atom. The lowest BCUT2D eigenvalue weighted by Crippen LogP contribution is -2.49. The van der Waals surface area contributed by atoms with E-state index in [1.165, 1.54) is 14.1 Å². The molecule has 0 aromatic carbocycles. The number of carbonyl (C=O) groups is 2. The van der Waals surface area contributed by atoms with Crippen molar-refractivity contribution in [1.82, 2.24) is 10.6 Å². The lowest BCUT2D eigenvalue weighted by molar-refractivity contribution is -0.140. The molecule has 0 rings (SSSR count). The van der Waals surface area contributed by atoms with E-state index in [0.29, 0.717) is 0 Å². The summed E-state index contributed by atoms with van der Waals surface area (Å²) in [5.41, 5.74) is 0. The predicted octanol–water partition coefficient (Wildman–Crippen LogP) is -2.71. The second kappa shape index (κ2) is 6.61. The van der Waals surface area contributed by atoms with E-state index < -0.39 is 36.9 Å². The van der Waals surface area contributed by atoms with Gasteiger partial charge in [-0.3, -0.25) is 9.59 Å². The Balaban J connectivity index is 4.43. The van der Waals surface area contributed by atoms with Crippen molar-refractivity contribution in [3.8, 4) is 0 Å². The fraction of sp³-hybridized carbons (Fsp3) is 0.750. The van der Waals surface area contributed by atoms with Crippen LogP contribution in [0.5, 0.6) is 0 Å². The lowest BCUT2D eigenvalue weighted by atomic mass is 10.0. The standard InChI is InChI=1S/C8H16N2O4/c1-9-5(3-11)7(13)8(14)6(4-12)10-2/h5-6,9-12H,3-4H2,1-2H3/t5-,6-/m0/s1. The third-order valence-electron chi connectivity index (χ3n) is 1.94. The van der Waals surface area contributed by atoms with Crippen molar-refractivity contribution in [2.75, 3.05) is 27.3 Å². The summed E-state index contributed by atoms with van der Waals surface area (Å²) in [7, 11) is 2.94. The summed E-state index contributed by atoms with van der Waals surface area (Å²) in [6, 6.07) is -1.80. The molecule has 0 aliphatic rings. The number of likely N-dealkylation sites (N-methyl/N-ethyl adjacent to an activating group) is 2. The van der Waals surface area contributed by atoms with Gasteiger partial charge < -0.3 is 20.8 Å². The van der Waals surface area contributed by atoms with Crippen LogP contribution in [0.3, 0.4) is 0 Å². The van der Waals surface area contributed by atoms with E-state index in [2.05, 4.69) is 10.6 Å². The van der Waals surface area contributed by atoms with Crippen molar-refractivity contribution in [2.24, 2.45) is 0 Å². The molecule has 0 amide bonds. The fourth-order valence-corrected chi connectivity index (χ4v) is 0.954. The number of hydrogen-bond donors (Lipinski definition) is 4. The number of ketones is 2. The largest absolute Gasteiger partial charge is 0.394 e. The van der Waals surface area contributed by atoms with Gasteiger partial charge in [-0.2, -0.15) is 0 Å². The van der Waals surface area contributed by atoms with Crippen LogP contribution in [-0.2, 0) is 9.59 Å². The number of aliphatic hydroxyl groups excluding tert-OH is 2. The second-order valence-corrected chi connectivity index (χ2v) is 2.78. The van der Waals surface area contributed by atoms with Gasteiger partial charge in [-0.1, -0.05) is 0 Å². The first-order chi connectivity index (χ1) is 6.62. The van der Waals surface area contributed by atoms with Crippen LogP contribution >= 0.6 is 0 Å². The number of Topliss-reactive ketones (excluding diaryl/α,β-unsaturated/α-hetero) is 2. The summed E-state index contributed by atoms with van der Waals surface area (Å²) in [5.74, 6) is -1.47. The maximum absolute atomic E-state index is 11.3. The minimum absolute atomic E-state index is 0.442. The lowest BCUT2D eigenvalue weighted by Gasteiger charge is -2.15. The van der Waals surface area contributed by atoms with E-state index in [1.54, 1.807) is 0 Å². The van der Waals surface area contributed by atoms with Crippen molar-refractivity contribution >= 4 is 11.6 Å². The highest BCUT2D eigenvalue weighted by atomic mass is 16.3. The molecule has 6 heteroatoms. The molecule has 0 fully saturated rings. The molecule has 0 aliphatic heterocycles. The van der Waals surface area contributed by atoms with Crippen LogP contribution in [0.4, 0.5) is 0 Å². The first kappa shape index (κ1) is 13.2. The van der Waals surface area contributed by atoms with Gasteiger partial charge in [0.1, 0.15) is 0 Å². The third kappa shape index (κ3) is 3.15. The molecule has 0 radical (unpaired) electrons. The highest BCUT2D eigenvalue weighted by Gasteiger charge is 2.28. The van der Waals surface area contributed by atoms with E-state index in [0.717, 1.165) is 0 Å². The Morgan fingerprint density at radius 3 is 1.43 bits per heavy atom. The summed E-state index contributed by atoms with van der Waals surface area (Å²) >= 11 is 0. The van der Waals surface area contributed by atoms with Crippen LogP contribution in [0, 0.1) is 0 Å². The number of rotatable bonds is 7. The van der Waals surface area contributed by atoms with Crippen LogP contribution in [0.25, 0.3) is 0 Å². The van der Waals surface area contributed by atoms with Gasteiger partial charge in [-0.25, -0.2) is 0 Å². The summed E-state index contributed by atoms with van der Waals surface area (Å²) in [5, 5.41) is 22.5. The van der Waals surface area contributed by atoms with E-state index in [4.69, 9.17) is 10.2 Å². The summed E-state index contributed by atoms with van der Waals surface area (Å²) in [6.45, 7) is -0.883. The Labute approximate surface area is 82.3 Å². The minimum atomic E-state index is -0.898. The normalized spacial score (nSPS) is 14.9. The zero-order valence-electron chi connectivity index (χ0n) is 8.28. The first-order valence-corrected chi connectivity index (χ1v) is 4.26. The molecule has 2 atom stereocenters. The van der Waals surface area contributed by atoms with Crippen molar-refractivity contribution in [3.63, 3.8) is 0 Å². The monoisotopic (exact) mass is 204 g/mol. The summed E-state index contributed by atoms with van der Waals surface area (Å²) < 4.78 is 0. The molecule has 0 saturated heterocycles. The molecule has 0 aliphatic carbocycles. The topological polar surface area (TPSA) is 98.7 Å². The molecule has 82 valence electrons. The van der Waals surface area contributed by atoms with Gasteiger partial charge >= 0.3 is 0 Å². The molecule has 4 N–H and O–H groups in total. The molecule has 0 aromatic heterocycles. The van der Waals surface area contributed by atoms with Crippen molar-refractivity contribution < 1.29 is 19.8 Å². The average molecular weight is 204 g/mol. The Hall–Kier alpha value is -0.820. The maximum atomic E-state index is 11.3. The first-order valence-electron chi connectivity index (χ1n) is 4.26. The summed E-state index contributed by atoms with van der Waals surface area (Å²) in [6.07, 6.45) is 0. The van der Waals surface area contributed by atoms with E-state index in [1.807, 2.05) is 0 Å². The zero-order valence-corrected chi connectivity index (χ0v) is 8.28. The number of carbonyl (C=O) groups excluding carboxylic acids is 2. The number of nitrogens with one attached hydrogen (secondary N) is 2. The third-order valence-corrected chi connectivity index (χ3v) is 1.94. The van der Waals surface area contributed by atoms with Gasteiger partial charge in [0.25, 0.3) is 0 Å². The molecule has 0 aromatic rings. The molecule has 0 heterocycles. The van der Waals surface area contributed by atoms with Gasteiger partial charge in [0, 0.05) is 0 Å². The van der Waals surface area contributed by atoms with Gasteiger partial charge in [0.15, 0.2) is 0 Å². The molecule has 0 spiro atoms.